The molecule has 5 aliphatic rings. The largest absolute Gasteiger partial charge is 0.465 e. The summed E-state index contributed by atoms with van der Waals surface area (Å²) in [6.45, 7) is 10.5. The Morgan fingerprint density at radius 2 is 1.97 bits per heavy atom. The molecule has 1 N–H and O–H groups in total. The highest BCUT2D eigenvalue weighted by Gasteiger charge is 2.83. The van der Waals surface area contributed by atoms with Crippen LogP contribution in [0.4, 0.5) is 0 Å². The normalized spacial score (nSPS) is 46.7. The molecule has 2 saturated heterocycles. The van der Waals surface area contributed by atoms with Crippen LogP contribution >= 0.6 is 0 Å². The second-order valence-corrected chi connectivity index (χ2v) is 11.1. The van der Waals surface area contributed by atoms with E-state index in [2.05, 4.69) is 6.92 Å². The lowest BCUT2D eigenvalue weighted by Gasteiger charge is -2.63. The fourth-order valence-corrected chi connectivity index (χ4v) is 7.45. The lowest BCUT2D eigenvalue weighted by molar-refractivity contribution is -0.263. The molecular formula is C26H34O8. The minimum Gasteiger partial charge on any atom is -0.465 e. The first-order valence-electron chi connectivity index (χ1n) is 12.2. The molecule has 8 nitrogen and oxygen atoms in total. The van der Waals surface area contributed by atoms with Crippen molar-refractivity contribution in [2.75, 3.05) is 6.61 Å². The van der Waals surface area contributed by atoms with E-state index in [-0.39, 0.29) is 25.4 Å². The zero-order valence-electron chi connectivity index (χ0n) is 20.7. The Hall–Kier alpha value is -2.19. The van der Waals surface area contributed by atoms with Gasteiger partial charge in [0.25, 0.3) is 0 Å². The Labute approximate surface area is 199 Å². The monoisotopic (exact) mass is 474 g/mol. The van der Waals surface area contributed by atoms with Crippen molar-refractivity contribution in [3.8, 4) is 0 Å². The van der Waals surface area contributed by atoms with Gasteiger partial charge < -0.3 is 24.1 Å². The number of hydrogen-bond acceptors (Lipinski definition) is 8. The number of esters is 3. The molecule has 2 saturated carbocycles. The summed E-state index contributed by atoms with van der Waals surface area (Å²) >= 11 is 0. The zero-order chi connectivity index (χ0) is 24.8. The van der Waals surface area contributed by atoms with Crippen LogP contribution in [0.5, 0.6) is 0 Å². The number of carbonyl (C=O) groups is 3. The highest BCUT2D eigenvalue weighted by molar-refractivity contribution is 5.88. The van der Waals surface area contributed by atoms with Crippen LogP contribution in [0, 0.1) is 16.7 Å². The molecule has 3 bridgehead atoms. The number of aliphatic hydroxyl groups is 1. The molecule has 0 radical (unpaired) electrons. The fraction of sp³-hybridized carbons (Fsp3) is 0.731. The summed E-state index contributed by atoms with van der Waals surface area (Å²) in [6.07, 6.45) is 1.30. The Morgan fingerprint density at radius 1 is 1.26 bits per heavy atom. The summed E-state index contributed by atoms with van der Waals surface area (Å²) < 4.78 is 24.3. The van der Waals surface area contributed by atoms with Crippen LogP contribution in [0.2, 0.25) is 0 Å². The summed E-state index contributed by atoms with van der Waals surface area (Å²) in [4.78, 5) is 38.7. The smallest absolute Gasteiger partial charge is 0.333 e. The Kier molecular flexibility index (Phi) is 4.96. The van der Waals surface area contributed by atoms with E-state index in [4.69, 9.17) is 18.9 Å². The zero-order valence-corrected chi connectivity index (χ0v) is 20.7. The van der Waals surface area contributed by atoms with Gasteiger partial charge in [-0.3, -0.25) is 9.59 Å². The van der Waals surface area contributed by atoms with E-state index in [9.17, 15) is 19.5 Å². The summed E-state index contributed by atoms with van der Waals surface area (Å²) in [6, 6.07) is 0. The Morgan fingerprint density at radius 3 is 2.62 bits per heavy atom. The first-order chi connectivity index (χ1) is 15.9. The third kappa shape index (κ3) is 2.53. The third-order valence-electron chi connectivity index (χ3n) is 9.81. The topological polar surface area (TPSA) is 108 Å². The molecule has 8 atom stereocenters. The van der Waals surface area contributed by atoms with Crippen molar-refractivity contribution in [2.24, 2.45) is 16.7 Å². The van der Waals surface area contributed by atoms with Crippen molar-refractivity contribution in [3.63, 3.8) is 0 Å². The SMILES string of the molecule is C/C=C(/C)C(=O)O[C@@H]1C2=C(C)[C@H]3C[C@@]4(COC(C)=O)C(=O)O[C@H]5CC[C@H](C)[C@]1(C)[C@@]5(O)C[C@@]24O3. The molecular weight excluding hydrogens is 440 g/mol. The molecule has 0 amide bonds. The molecule has 0 aromatic heterocycles. The lowest BCUT2D eigenvalue weighted by Crippen LogP contribution is -2.73. The number of fused-ring (bicyclic) bond motifs is 1. The van der Waals surface area contributed by atoms with Gasteiger partial charge in [0.15, 0.2) is 0 Å². The fourth-order valence-electron chi connectivity index (χ4n) is 7.45. The van der Waals surface area contributed by atoms with Crippen molar-refractivity contribution >= 4 is 17.9 Å². The van der Waals surface area contributed by atoms with E-state index in [0.29, 0.717) is 18.4 Å². The number of carbonyl (C=O) groups excluding carboxylic acids is 3. The maximum absolute atomic E-state index is 13.8. The Bertz CT molecular complexity index is 1040. The highest BCUT2D eigenvalue weighted by atomic mass is 16.6. The molecule has 186 valence electrons. The number of allylic oxidation sites excluding steroid dienone is 1. The minimum absolute atomic E-state index is 0.0195. The van der Waals surface area contributed by atoms with Gasteiger partial charge in [0.05, 0.1) is 6.10 Å². The van der Waals surface area contributed by atoms with Crippen LogP contribution in [-0.2, 0) is 33.3 Å². The van der Waals surface area contributed by atoms with E-state index in [0.717, 1.165) is 11.1 Å². The van der Waals surface area contributed by atoms with Gasteiger partial charge in [0.1, 0.15) is 35.4 Å². The summed E-state index contributed by atoms with van der Waals surface area (Å²) in [5.74, 6) is -1.52. The molecule has 3 aliphatic heterocycles. The van der Waals surface area contributed by atoms with Gasteiger partial charge in [-0.15, -0.1) is 0 Å². The van der Waals surface area contributed by atoms with Gasteiger partial charge in [-0.25, -0.2) is 4.79 Å². The van der Waals surface area contributed by atoms with E-state index in [1.807, 2.05) is 13.8 Å². The minimum atomic E-state index is -1.49. The van der Waals surface area contributed by atoms with Crippen LogP contribution in [0.1, 0.15) is 67.2 Å². The van der Waals surface area contributed by atoms with E-state index >= 15 is 0 Å². The average molecular weight is 475 g/mol. The Balaban J connectivity index is 1.76. The van der Waals surface area contributed by atoms with E-state index in [1.54, 1.807) is 19.9 Å². The van der Waals surface area contributed by atoms with Crippen molar-refractivity contribution < 1.29 is 38.4 Å². The van der Waals surface area contributed by atoms with Gasteiger partial charge in [-0.05, 0) is 45.1 Å². The molecule has 4 fully saturated rings. The van der Waals surface area contributed by atoms with Gasteiger partial charge >= 0.3 is 17.9 Å². The molecule has 34 heavy (non-hydrogen) atoms. The second-order valence-electron chi connectivity index (χ2n) is 11.1. The molecule has 0 aromatic carbocycles. The quantitative estimate of drug-likeness (QED) is 0.287. The van der Waals surface area contributed by atoms with E-state index < -0.39 is 58.3 Å². The molecule has 0 aromatic rings. The number of rotatable bonds is 4. The van der Waals surface area contributed by atoms with Crippen molar-refractivity contribution in [1.29, 1.82) is 0 Å². The number of ether oxygens (including phenoxy) is 4. The third-order valence-corrected chi connectivity index (χ3v) is 9.81. The van der Waals surface area contributed by atoms with Gasteiger partial charge in [0, 0.05) is 36.3 Å². The summed E-state index contributed by atoms with van der Waals surface area (Å²) in [7, 11) is 0. The van der Waals surface area contributed by atoms with Gasteiger partial charge in [0.2, 0.25) is 0 Å². The van der Waals surface area contributed by atoms with E-state index in [1.165, 1.54) is 6.92 Å². The summed E-state index contributed by atoms with van der Waals surface area (Å²) in [5.41, 5.74) is -2.88. The van der Waals surface area contributed by atoms with Crippen LogP contribution < -0.4 is 0 Å². The summed E-state index contributed by atoms with van der Waals surface area (Å²) in [5, 5.41) is 12.5. The van der Waals surface area contributed by atoms with Crippen molar-refractivity contribution in [3.05, 3.63) is 22.8 Å². The maximum Gasteiger partial charge on any atom is 0.333 e. The molecule has 8 heteroatoms. The molecule has 0 unspecified atom stereocenters. The molecule has 1 spiro atoms. The number of hydrogen-bond donors (Lipinski definition) is 1. The standard InChI is InChI=1S/C26H34O8/c1-7-13(2)21(28)33-20-19-15(4)17-10-24(12-31-16(5)27)22(29)32-18-9-8-14(3)23(20,6)25(18,30)11-26(19,24)34-17/h7,14,17-18,20,30H,8-12H2,1-6H3/b13-7-/t14-,17+,18-,20+,23-,24+,25+,26+/m0/s1. The van der Waals surface area contributed by atoms with Crippen LogP contribution in [0.3, 0.4) is 0 Å². The highest BCUT2D eigenvalue weighted by Crippen LogP contribution is 2.72. The van der Waals surface area contributed by atoms with Gasteiger partial charge in [-0.1, -0.05) is 19.9 Å². The predicted molar refractivity (Wildman–Crippen MR) is 119 cm³/mol. The van der Waals surface area contributed by atoms with Crippen molar-refractivity contribution in [1.82, 2.24) is 0 Å². The molecule has 2 aliphatic carbocycles. The van der Waals surface area contributed by atoms with Crippen LogP contribution in [0.25, 0.3) is 0 Å². The first-order valence-corrected chi connectivity index (χ1v) is 12.2. The maximum atomic E-state index is 13.8. The van der Waals surface area contributed by atoms with Crippen LogP contribution in [0.15, 0.2) is 22.8 Å². The van der Waals surface area contributed by atoms with Crippen LogP contribution in [-0.4, -0.2) is 59.1 Å². The van der Waals surface area contributed by atoms with Crippen molar-refractivity contribution in [2.45, 2.75) is 96.7 Å². The molecule has 3 heterocycles. The average Bonchev–Trinajstić information content (AvgIpc) is 3.22. The molecule has 5 rings (SSSR count). The first kappa shape index (κ1) is 23.5. The second kappa shape index (κ2) is 7.17. The lowest BCUT2D eigenvalue weighted by atomic mass is 9.44. The predicted octanol–water partition coefficient (Wildman–Crippen LogP) is 2.77. The van der Waals surface area contributed by atoms with Gasteiger partial charge in [-0.2, -0.15) is 0 Å².